The first-order valence-electron chi connectivity index (χ1n) is 10.9. The van der Waals surface area contributed by atoms with Crippen LogP contribution in [0.25, 0.3) is 11.3 Å². The van der Waals surface area contributed by atoms with E-state index in [1.165, 1.54) is 6.20 Å². The fourth-order valence-corrected chi connectivity index (χ4v) is 4.89. The number of alkyl halides is 3. The number of pyridine rings is 1. The standard InChI is InChI=1S/C22H25F3N8O/c1-12(15-9-28-31(3)13(15)2)29-20(34)32-10-21(11-32)4-5-33-18(21)7-17(30-33)14-6-16(22(23,24)25)19(26)27-8-14/h6-9,12H,4-5,10-11H2,1-3H3,(H2,26,27)(H,29,34). The van der Waals surface area contributed by atoms with Crippen molar-refractivity contribution in [3.63, 3.8) is 0 Å². The molecule has 0 aliphatic carbocycles. The summed E-state index contributed by atoms with van der Waals surface area (Å²) in [5, 5.41) is 11.8. The lowest BCUT2D eigenvalue weighted by atomic mass is 9.76. The minimum Gasteiger partial charge on any atom is -0.383 e. The largest absolute Gasteiger partial charge is 0.419 e. The van der Waals surface area contributed by atoms with Crippen LogP contribution in [-0.4, -0.2) is 48.6 Å². The van der Waals surface area contributed by atoms with E-state index >= 15 is 0 Å². The second-order valence-electron chi connectivity index (χ2n) is 9.16. The maximum absolute atomic E-state index is 13.2. The lowest BCUT2D eigenvalue weighted by Crippen LogP contribution is -2.62. The second kappa shape index (κ2) is 7.47. The van der Waals surface area contributed by atoms with Gasteiger partial charge in [0.05, 0.1) is 23.5 Å². The topological polar surface area (TPSA) is 107 Å². The average Bonchev–Trinajstić information content (AvgIpc) is 3.40. The number of carbonyl (C=O) groups is 1. The quantitative estimate of drug-likeness (QED) is 0.607. The van der Waals surface area contributed by atoms with Crippen molar-refractivity contribution in [3.8, 4) is 11.3 Å². The van der Waals surface area contributed by atoms with Crippen LogP contribution in [0.1, 0.15) is 41.9 Å². The van der Waals surface area contributed by atoms with E-state index in [1.54, 1.807) is 21.8 Å². The van der Waals surface area contributed by atoms with Gasteiger partial charge in [0.15, 0.2) is 0 Å². The molecule has 1 saturated heterocycles. The molecule has 180 valence electrons. The highest BCUT2D eigenvalue weighted by Gasteiger charge is 2.51. The number of nitrogens with one attached hydrogen (secondary N) is 1. The van der Waals surface area contributed by atoms with Gasteiger partial charge in [-0.05, 0) is 32.4 Å². The number of nitrogens with two attached hydrogens (primary N) is 1. The van der Waals surface area contributed by atoms with Gasteiger partial charge in [-0.25, -0.2) is 9.78 Å². The van der Waals surface area contributed by atoms with E-state index in [-0.39, 0.29) is 23.1 Å². The normalized spacial score (nSPS) is 17.5. The Morgan fingerprint density at radius 3 is 2.65 bits per heavy atom. The zero-order valence-corrected chi connectivity index (χ0v) is 19.0. The smallest absolute Gasteiger partial charge is 0.383 e. The fourth-order valence-electron chi connectivity index (χ4n) is 4.89. The molecule has 3 aromatic heterocycles. The molecule has 5 heterocycles. The Morgan fingerprint density at radius 2 is 2.00 bits per heavy atom. The lowest BCUT2D eigenvalue weighted by molar-refractivity contribution is -0.137. The number of aryl methyl sites for hydroxylation is 2. The van der Waals surface area contributed by atoms with Crippen LogP contribution in [-0.2, 0) is 25.2 Å². The molecule has 1 fully saturated rings. The van der Waals surface area contributed by atoms with Gasteiger partial charge in [0.1, 0.15) is 5.82 Å². The molecule has 0 saturated carbocycles. The summed E-state index contributed by atoms with van der Waals surface area (Å²) in [5.41, 5.74) is 7.75. The third-order valence-corrected chi connectivity index (χ3v) is 7.00. The van der Waals surface area contributed by atoms with Gasteiger partial charge >= 0.3 is 12.2 Å². The number of halogens is 3. The Balaban J connectivity index is 1.30. The van der Waals surface area contributed by atoms with Crippen molar-refractivity contribution in [2.75, 3.05) is 18.8 Å². The first-order valence-corrected chi connectivity index (χ1v) is 10.9. The highest BCUT2D eigenvalue weighted by atomic mass is 19.4. The Kier molecular flexibility index (Phi) is 4.88. The number of rotatable bonds is 3. The third-order valence-electron chi connectivity index (χ3n) is 7.00. The molecule has 0 aromatic carbocycles. The zero-order chi connectivity index (χ0) is 24.4. The number of hydrogen-bond donors (Lipinski definition) is 2. The molecule has 2 aliphatic heterocycles. The maximum atomic E-state index is 13.2. The monoisotopic (exact) mass is 474 g/mol. The van der Waals surface area contributed by atoms with Gasteiger partial charge in [-0.3, -0.25) is 9.36 Å². The molecule has 9 nitrogen and oxygen atoms in total. The molecule has 3 N–H and O–H groups in total. The van der Waals surface area contributed by atoms with Gasteiger partial charge in [0.2, 0.25) is 0 Å². The van der Waals surface area contributed by atoms with E-state index in [4.69, 9.17) is 5.73 Å². The Morgan fingerprint density at radius 1 is 1.26 bits per heavy atom. The van der Waals surface area contributed by atoms with Gasteiger partial charge in [0, 0.05) is 60.8 Å². The summed E-state index contributed by atoms with van der Waals surface area (Å²) in [7, 11) is 1.86. The Bertz CT molecular complexity index is 1270. The molecular weight excluding hydrogens is 449 g/mol. The van der Waals surface area contributed by atoms with E-state index < -0.39 is 17.6 Å². The highest BCUT2D eigenvalue weighted by Crippen LogP contribution is 2.44. The summed E-state index contributed by atoms with van der Waals surface area (Å²) >= 11 is 0. The zero-order valence-electron chi connectivity index (χ0n) is 19.0. The van der Waals surface area contributed by atoms with Crippen molar-refractivity contribution in [1.29, 1.82) is 0 Å². The molecule has 34 heavy (non-hydrogen) atoms. The second-order valence-corrected chi connectivity index (χ2v) is 9.16. The Hall–Kier alpha value is -3.57. The molecule has 2 amide bonds. The number of aromatic nitrogens is 5. The van der Waals surface area contributed by atoms with Crippen LogP contribution >= 0.6 is 0 Å². The van der Waals surface area contributed by atoms with Crippen molar-refractivity contribution in [2.24, 2.45) is 7.05 Å². The number of hydrogen-bond acceptors (Lipinski definition) is 5. The number of nitrogens with zero attached hydrogens (tertiary/aromatic N) is 6. The summed E-state index contributed by atoms with van der Waals surface area (Å²) in [6.07, 6.45) is -0.711. The lowest BCUT2D eigenvalue weighted by Gasteiger charge is -2.47. The van der Waals surface area contributed by atoms with E-state index in [9.17, 15) is 18.0 Å². The third kappa shape index (κ3) is 3.48. The average molecular weight is 474 g/mol. The molecule has 0 radical (unpaired) electrons. The minimum atomic E-state index is -4.59. The number of nitrogen functional groups attached to an aromatic ring is 1. The van der Waals surface area contributed by atoms with Crippen LogP contribution in [0.4, 0.5) is 23.8 Å². The molecular formula is C22H25F3N8O. The Labute approximate surface area is 193 Å². The molecule has 5 rings (SSSR count). The van der Waals surface area contributed by atoms with Crippen molar-refractivity contribution in [1.82, 2.24) is 34.8 Å². The van der Waals surface area contributed by atoms with E-state index in [0.29, 0.717) is 25.3 Å². The summed E-state index contributed by atoms with van der Waals surface area (Å²) in [5.74, 6) is -0.559. The number of fused-ring (bicyclic) bond motifs is 2. The van der Waals surface area contributed by atoms with Crippen molar-refractivity contribution in [3.05, 3.63) is 47.0 Å². The van der Waals surface area contributed by atoms with Gasteiger partial charge < -0.3 is 16.0 Å². The number of amides is 2. The number of carbonyl (C=O) groups excluding carboxylic acids is 1. The molecule has 1 atom stereocenters. The molecule has 3 aromatic rings. The van der Waals surface area contributed by atoms with Crippen LogP contribution in [0, 0.1) is 6.92 Å². The van der Waals surface area contributed by atoms with E-state index in [0.717, 1.165) is 29.4 Å². The van der Waals surface area contributed by atoms with Gasteiger partial charge in [-0.1, -0.05) is 0 Å². The van der Waals surface area contributed by atoms with Crippen LogP contribution in [0.3, 0.4) is 0 Å². The first-order chi connectivity index (χ1) is 16.0. The summed E-state index contributed by atoms with van der Waals surface area (Å²) < 4.78 is 43.3. The maximum Gasteiger partial charge on any atom is 0.419 e. The van der Waals surface area contributed by atoms with Gasteiger partial charge in [-0.15, -0.1) is 0 Å². The van der Waals surface area contributed by atoms with Crippen molar-refractivity contribution < 1.29 is 18.0 Å². The molecule has 2 aliphatic rings. The van der Waals surface area contributed by atoms with Gasteiger partial charge in [-0.2, -0.15) is 23.4 Å². The number of anilines is 1. The summed E-state index contributed by atoms with van der Waals surface area (Å²) in [6, 6.07) is 2.45. The van der Waals surface area contributed by atoms with Crippen molar-refractivity contribution in [2.45, 2.75) is 44.4 Å². The summed E-state index contributed by atoms with van der Waals surface area (Å²) in [4.78, 5) is 18.3. The van der Waals surface area contributed by atoms with Crippen LogP contribution in [0.5, 0.6) is 0 Å². The fraction of sp³-hybridized carbons (Fsp3) is 0.455. The minimum absolute atomic E-state index is 0.155. The number of urea groups is 1. The predicted octanol–water partition coefficient (Wildman–Crippen LogP) is 3.02. The molecule has 1 spiro atoms. The van der Waals surface area contributed by atoms with Crippen molar-refractivity contribution >= 4 is 11.8 Å². The van der Waals surface area contributed by atoms with Crippen LogP contribution in [0.15, 0.2) is 24.5 Å². The highest BCUT2D eigenvalue weighted by molar-refractivity contribution is 5.76. The molecule has 1 unspecified atom stereocenters. The molecule has 0 bridgehead atoms. The van der Waals surface area contributed by atoms with E-state index in [2.05, 4.69) is 20.5 Å². The van der Waals surface area contributed by atoms with E-state index in [1.807, 2.05) is 25.6 Å². The van der Waals surface area contributed by atoms with Crippen LogP contribution in [0.2, 0.25) is 0 Å². The van der Waals surface area contributed by atoms with Crippen LogP contribution < -0.4 is 11.1 Å². The van der Waals surface area contributed by atoms with Gasteiger partial charge in [0.25, 0.3) is 0 Å². The molecule has 12 heteroatoms. The summed E-state index contributed by atoms with van der Waals surface area (Å²) in [6.45, 7) is 5.57. The predicted molar refractivity (Wildman–Crippen MR) is 118 cm³/mol. The first kappa shape index (κ1) is 22.2. The number of likely N-dealkylation sites (tertiary alicyclic amines) is 1. The SMILES string of the molecule is Cc1c(C(C)NC(=O)N2CC3(CCn4nc(-c5cnc(N)c(C(F)(F)F)c5)cc43)C2)cnn1C.